The SMILES string of the molecule is c1ccc(-n2c3ccccc3c3cc(-c4ccc(-c5cc(-c6ccc7oc8cc(-c9ccc%10sc%11ccccc%11c%10c9)ccc8c7c6)cc(-n6c7ccccc7c7ccccc76)c5)cn4)ccc32)cc1. The van der Waals surface area contributed by atoms with Crippen molar-refractivity contribution in [3.8, 4) is 56.0 Å². The summed E-state index contributed by atoms with van der Waals surface area (Å²) in [6.07, 6.45) is 2.03. The van der Waals surface area contributed by atoms with E-state index in [0.29, 0.717) is 0 Å². The number of hydrogen-bond acceptors (Lipinski definition) is 3. The summed E-state index contributed by atoms with van der Waals surface area (Å²) in [6.45, 7) is 0. The van der Waals surface area contributed by atoms with Crippen LogP contribution in [-0.4, -0.2) is 14.1 Å². The first kappa shape index (κ1) is 39.0. The van der Waals surface area contributed by atoms with Crippen molar-refractivity contribution < 1.29 is 4.42 Å². The molecule has 0 spiro atoms. The molecule has 0 saturated carbocycles. The molecule has 0 amide bonds. The van der Waals surface area contributed by atoms with Crippen LogP contribution in [0.25, 0.3) is 142 Å². The van der Waals surface area contributed by atoms with Gasteiger partial charge in [-0.05, 0) is 137 Å². The predicted octanol–water partition coefficient (Wildman–Crippen LogP) is 18.2. The molecule has 15 rings (SSSR count). The predicted molar refractivity (Wildman–Crippen MR) is 295 cm³/mol. The summed E-state index contributed by atoms with van der Waals surface area (Å²) >= 11 is 1.85. The third-order valence-corrected chi connectivity index (χ3v) is 15.5. The Kier molecular flexibility index (Phi) is 8.49. The Hall–Kier alpha value is -9.03. The minimum atomic E-state index is 0.872. The van der Waals surface area contributed by atoms with E-state index in [4.69, 9.17) is 9.40 Å². The van der Waals surface area contributed by atoms with Crippen LogP contribution in [0, 0.1) is 0 Å². The van der Waals surface area contributed by atoms with Crippen LogP contribution >= 0.6 is 11.3 Å². The zero-order valence-corrected chi connectivity index (χ0v) is 38.5. The van der Waals surface area contributed by atoms with Gasteiger partial charge in [0.15, 0.2) is 0 Å². The van der Waals surface area contributed by atoms with Crippen molar-refractivity contribution in [1.29, 1.82) is 0 Å². The average molecular weight is 910 g/mol. The lowest BCUT2D eigenvalue weighted by Gasteiger charge is -2.14. The van der Waals surface area contributed by atoms with Gasteiger partial charge in [-0.15, -0.1) is 11.3 Å². The molecule has 4 nitrogen and oxygen atoms in total. The minimum Gasteiger partial charge on any atom is -0.456 e. The summed E-state index contributed by atoms with van der Waals surface area (Å²) in [4.78, 5) is 5.17. The van der Waals surface area contributed by atoms with E-state index >= 15 is 0 Å². The summed E-state index contributed by atoms with van der Waals surface area (Å²) in [7, 11) is 0. The van der Waals surface area contributed by atoms with Gasteiger partial charge in [-0.25, -0.2) is 0 Å². The molecule has 0 radical (unpaired) electrons. The molecule has 0 N–H and O–H groups in total. The maximum Gasteiger partial charge on any atom is 0.136 e. The molecule has 0 aliphatic rings. The molecule has 0 aliphatic heterocycles. The molecule has 0 saturated heterocycles. The second-order valence-corrected chi connectivity index (χ2v) is 19.4. The van der Waals surface area contributed by atoms with Crippen LogP contribution < -0.4 is 0 Å². The molecule has 5 aromatic heterocycles. The van der Waals surface area contributed by atoms with Gasteiger partial charge < -0.3 is 13.6 Å². The topological polar surface area (TPSA) is 35.9 Å². The Balaban J connectivity index is 0.849. The Morgan fingerprint density at radius 2 is 0.843 bits per heavy atom. The summed E-state index contributed by atoms with van der Waals surface area (Å²) in [5, 5.41) is 9.69. The van der Waals surface area contributed by atoms with E-state index in [0.717, 1.165) is 72.4 Å². The highest BCUT2D eigenvalue weighted by Crippen LogP contribution is 2.42. The van der Waals surface area contributed by atoms with Crippen molar-refractivity contribution in [3.05, 3.63) is 237 Å². The van der Waals surface area contributed by atoms with Crippen molar-refractivity contribution in [3.63, 3.8) is 0 Å². The number of rotatable bonds is 6. The van der Waals surface area contributed by atoms with Crippen LogP contribution in [0.15, 0.2) is 241 Å². The first-order valence-electron chi connectivity index (χ1n) is 23.7. The first-order chi connectivity index (χ1) is 34.7. The standard InChI is InChI=1S/C65H39N3OS/c1-2-12-47(13-3-1)67-60-20-10-6-16-51(60)54-37-43(24-29-61(54)67)57-28-23-44(39-66-57)46-32-45(33-48(34-46)68-58-18-8-4-14-49(58)50-15-5-9-19-59(50)68)41-25-30-62-55(35-41)52-27-22-42(38-63(52)69-62)40-26-31-65-56(36-40)53-17-7-11-21-64(53)70-65/h1-39H. The van der Waals surface area contributed by atoms with Gasteiger partial charge in [-0.2, -0.15) is 0 Å². The van der Waals surface area contributed by atoms with Gasteiger partial charge in [0.25, 0.3) is 0 Å². The Labute approximate surface area is 406 Å². The lowest BCUT2D eigenvalue weighted by atomic mass is 9.96. The van der Waals surface area contributed by atoms with Crippen LogP contribution in [0.4, 0.5) is 0 Å². The van der Waals surface area contributed by atoms with Crippen LogP contribution in [0.2, 0.25) is 0 Å². The normalized spacial score (nSPS) is 12.0. The number of furan rings is 1. The average Bonchev–Trinajstić information content (AvgIpc) is 4.18. The number of nitrogens with zero attached hydrogens (tertiary/aromatic N) is 3. The Morgan fingerprint density at radius 3 is 1.60 bits per heavy atom. The van der Waals surface area contributed by atoms with E-state index < -0.39 is 0 Å². The van der Waals surface area contributed by atoms with Crippen molar-refractivity contribution >= 4 is 97.1 Å². The first-order valence-corrected chi connectivity index (χ1v) is 24.6. The van der Waals surface area contributed by atoms with Gasteiger partial charge in [0.2, 0.25) is 0 Å². The van der Waals surface area contributed by atoms with Crippen LogP contribution in [0.1, 0.15) is 0 Å². The number of thiophene rings is 1. The largest absolute Gasteiger partial charge is 0.456 e. The molecule has 0 unspecified atom stereocenters. The van der Waals surface area contributed by atoms with Crippen molar-refractivity contribution in [2.24, 2.45) is 0 Å². The third-order valence-electron chi connectivity index (χ3n) is 14.4. The number of para-hydroxylation sites is 4. The van der Waals surface area contributed by atoms with Gasteiger partial charge in [-0.3, -0.25) is 4.98 Å². The summed E-state index contributed by atoms with van der Waals surface area (Å²) in [6, 6.07) is 83.5. The highest BCUT2D eigenvalue weighted by molar-refractivity contribution is 7.25. The zero-order valence-electron chi connectivity index (χ0n) is 37.7. The maximum absolute atomic E-state index is 6.62. The lowest BCUT2D eigenvalue weighted by molar-refractivity contribution is 0.669. The summed E-state index contributed by atoms with van der Waals surface area (Å²) in [5.41, 5.74) is 17.4. The molecule has 0 atom stereocenters. The number of aromatic nitrogens is 3. The fourth-order valence-electron chi connectivity index (χ4n) is 11.0. The van der Waals surface area contributed by atoms with Gasteiger partial charge in [0.05, 0.1) is 27.8 Å². The number of benzene rings is 10. The second kappa shape index (κ2) is 15.2. The number of pyridine rings is 1. The molecular weight excluding hydrogens is 871 g/mol. The minimum absolute atomic E-state index is 0.872. The lowest BCUT2D eigenvalue weighted by Crippen LogP contribution is -1.96. The smallest absolute Gasteiger partial charge is 0.136 e. The van der Waals surface area contributed by atoms with Crippen molar-refractivity contribution in [1.82, 2.24) is 14.1 Å². The monoisotopic (exact) mass is 909 g/mol. The molecule has 326 valence electrons. The molecule has 0 bridgehead atoms. The third kappa shape index (κ3) is 6.05. The van der Waals surface area contributed by atoms with Crippen LogP contribution in [0.5, 0.6) is 0 Å². The quantitative estimate of drug-likeness (QED) is 0.167. The van der Waals surface area contributed by atoms with Crippen LogP contribution in [-0.2, 0) is 0 Å². The van der Waals surface area contributed by atoms with Gasteiger partial charge in [0, 0.05) is 81.2 Å². The van der Waals surface area contributed by atoms with Crippen molar-refractivity contribution in [2.45, 2.75) is 0 Å². The Bertz CT molecular complexity index is 4540. The molecule has 5 heterocycles. The molecule has 5 heteroatoms. The maximum atomic E-state index is 6.62. The fourth-order valence-corrected chi connectivity index (χ4v) is 12.1. The summed E-state index contributed by atoms with van der Waals surface area (Å²) < 4.78 is 14.0. The van der Waals surface area contributed by atoms with E-state index in [1.54, 1.807) is 0 Å². The molecule has 0 aliphatic carbocycles. The van der Waals surface area contributed by atoms with Crippen molar-refractivity contribution in [2.75, 3.05) is 0 Å². The molecule has 0 fully saturated rings. The van der Waals surface area contributed by atoms with E-state index in [1.165, 1.54) is 69.3 Å². The van der Waals surface area contributed by atoms with E-state index in [2.05, 4.69) is 240 Å². The second-order valence-electron chi connectivity index (χ2n) is 18.3. The fraction of sp³-hybridized carbons (Fsp3) is 0. The highest BCUT2D eigenvalue weighted by atomic mass is 32.1. The number of hydrogen-bond donors (Lipinski definition) is 0. The van der Waals surface area contributed by atoms with Gasteiger partial charge >= 0.3 is 0 Å². The van der Waals surface area contributed by atoms with E-state index in [1.807, 2.05) is 17.5 Å². The van der Waals surface area contributed by atoms with E-state index in [9.17, 15) is 0 Å². The van der Waals surface area contributed by atoms with Gasteiger partial charge in [-0.1, -0.05) is 121 Å². The molecule has 15 aromatic rings. The highest BCUT2D eigenvalue weighted by Gasteiger charge is 2.18. The number of fused-ring (bicyclic) bond motifs is 12. The molecule has 70 heavy (non-hydrogen) atoms. The van der Waals surface area contributed by atoms with E-state index in [-0.39, 0.29) is 0 Å². The van der Waals surface area contributed by atoms with Crippen LogP contribution in [0.3, 0.4) is 0 Å². The molecule has 10 aromatic carbocycles. The zero-order chi connectivity index (χ0) is 45.9. The summed E-state index contributed by atoms with van der Waals surface area (Å²) in [5.74, 6) is 0. The van der Waals surface area contributed by atoms with Gasteiger partial charge in [0.1, 0.15) is 11.2 Å². The Morgan fingerprint density at radius 1 is 0.300 bits per heavy atom. The molecular formula is C65H39N3OS.